The Hall–Kier alpha value is -1.16. The van der Waals surface area contributed by atoms with Crippen molar-refractivity contribution in [3.8, 4) is 0 Å². The van der Waals surface area contributed by atoms with Gasteiger partial charge in [0, 0.05) is 25.4 Å². The third-order valence-electron chi connectivity index (χ3n) is 3.62. The summed E-state index contributed by atoms with van der Waals surface area (Å²) in [5.74, 6) is -0.136. The average Bonchev–Trinajstić information content (AvgIpc) is 2.79. The minimum atomic E-state index is -3.79. The first-order valence-electron chi connectivity index (χ1n) is 6.83. The SMILES string of the molecule is COCCN(C1CCS(=O)(=O)C1)S(=O)(=O)c1ccc(N)cc1. The highest BCUT2D eigenvalue weighted by molar-refractivity contribution is 7.92. The number of sulfone groups is 1. The van der Waals surface area contributed by atoms with Crippen molar-refractivity contribution in [3.05, 3.63) is 24.3 Å². The van der Waals surface area contributed by atoms with Crippen molar-refractivity contribution in [3.63, 3.8) is 0 Å². The van der Waals surface area contributed by atoms with E-state index in [1.807, 2.05) is 0 Å². The number of rotatable bonds is 6. The Morgan fingerprint density at radius 2 is 1.95 bits per heavy atom. The molecule has 22 heavy (non-hydrogen) atoms. The predicted molar refractivity (Wildman–Crippen MR) is 83.7 cm³/mol. The summed E-state index contributed by atoms with van der Waals surface area (Å²) in [7, 11) is -5.50. The zero-order chi connectivity index (χ0) is 16.4. The molecule has 1 aliphatic rings. The van der Waals surface area contributed by atoms with Crippen molar-refractivity contribution >= 4 is 25.5 Å². The van der Waals surface area contributed by atoms with Crippen molar-refractivity contribution in [2.45, 2.75) is 17.4 Å². The van der Waals surface area contributed by atoms with Gasteiger partial charge in [-0.25, -0.2) is 16.8 Å². The molecule has 0 bridgehead atoms. The fraction of sp³-hybridized carbons (Fsp3) is 0.538. The van der Waals surface area contributed by atoms with Gasteiger partial charge in [0.25, 0.3) is 0 Å². The lowest BCUT2D eigenvalue weighted by Gasteiger charge is -2.27. The Bertz CT molecular complexity index is 713. The summed E-state index contributed by atoms with van der Waals surface area (Å²) in [5.41, 5.74) is 6.04. The fourth-order valence-electron chi connectivity index (χ4n) is 2.46. The molecule has 2 N–H and O–H groups in total. The molecule has 1 unspecified atom stereocenters. The van der Waals surface area contributed by atoms with Crippen LogP contribution in [0.5, 0.6) is 0 Å². The van der Waals surface area contributed by atoms with E-state index in [0.29, 0.717) is 12.1 Å². The molecule has 1 aromatic rings. The standard InChI is InChI=1S/C13H20N2O5S2/c1-20-8-7-15(12-6-9-21(16,17)10-12)22(18,19)13-4-2-11(14)3-5-13/h2-5,12H,6-10,14H2,1H3. The first kappa shape index (κ1) is 17.2. The summed E-state index contributed by atoms with van der Waals surface area (Å²) in [6.45, 7) is 0.314. The Morgan fingerprint density at radius 3 is 2.45 bits per heavy atom. The summed E-state index contributed by atoms with van der Waals surface area (Å²) >= 11 is 0. The average molecular weight is 348 g/mol. The van der Waals surface area contributed by atoms with E-state index in [-0.39, 0.29) is 29.6 Å². The van der Waals surface area contributed by atoms with Gasteiger partial charge in [-0.05, 0) is 30.7 Å². The lowest BCUT2D eigenvalue weighted by molar-refractivity contribution is 0.169. The predicted octanol–water partition coefficient (Wildman–Crippen LogP) is 0.0930. The molecular formula is C13H20N2O5S2. The normalized spacial score (nSPS) is 21.3. The Balaban J connectivity index is 2.33. The van der Waals surface area contributed by atoms with Crippen LogP contribution in [0.3, 0.4) is 0 Å². The molecule has 9 heteroatoms. The van der Waals surface area contributed by atoms with Gasteiger partial charge in [0.2, 0.25) is 10.0 Å². The van der Waals surface area contributed by atoms with Crippen molar-refractivity contribution in [2.75, 3.05) is 37.5 Å². The second-order valence-corrected chi connectivity index (χ2v) is 9.35. The van der Waals surface area contributed by atoms with E-state index in [1.54, 1.807) is 0 Å². The van der Waals surface area contributed by atoms with Crippen molar-refractivity contribution < 1.29 is 21.6 Å². The van der Waals surface area contributed by atoms with E-state index in [1.165, 1.54) is 35.7 Å². The Morgan fingerprint density at radius 1 is 1.32 bits per heavy atom. The number of hydrogen-bond donors (Lipinski definition) is 1. The lowest BCUT2D eigenvalue weighted by atomic mass is 10.3. The topological polar surface area (TPSA) is 107 Å². The van der Waals surface area contributed by atoms with Crippen LogP contribution in [-0.2, 0) is 24.6 Å². The van der Waals surface area contributed by atoms with Gasteiger partial charge in [-0.1, -0.05) is 0 Å². The number of anilines is 1. The van der Waals surface area contributed by atoms with Gasteiger partial charge in [-0.2, -0.15) is 4.31 Å². The van der Waals surface area contributed by atoms with E-state index in [4.69, 9.17) is 10.5 Å². The smallest absolute Gasteiger partial charge is 0.243 e. The molecule has 2 rings (SSSR count). The van der Waals surface area contributed by atoms with Crippen LogP contribution in [0.25, 0.3) is 0 Å². The Kier molecular flexibility index (Phi) is 5.10. The molecule has 1 heterocycles. The van der Waals surface area contributed by atoms with Crippen molar-refractivity contribution in [1.29, 1.82) is 0 Å². The molecule has 0 saturated carbocycles. The van der Waals surface area contributed by atoms with Crippen LogP contribution in [0, 0.1) is 0 Å². The quantitative estimate of drug-likeness (QED) is 0.730. The number of nitrogens with two attached hydrogens (primary N) is 1. The zero-order valence-electron chi connectivity index (χ0n) is 12.3. The summed E-state index contributed by atoms with van der Waals surface area (Å²) < 4.78 is 55.1. The maximum absolute atomic E-state index is 12.8. The number of hydrogen-bond acceptors (Lipinski definition) is 6. The zero-order valence-corrected chi connectivity index (χ0v) is 13.9. The van der Waals surface area contributed by atoms with Gasteiger partial charge in [-0.15, -0.1) is 0 Å². The van der Waals surface area contributed by atoms with Crippen LogP contribution in [0.1, 0.15) is 6.42 Å². The molecule has 7 nitrogen and oxygen atoms in total. The van der Waals surface area contributed by atoms with Crippen LogP contribution in [0.15, 0.2) is 29.2 Å². The van der Waals surface area contributed by atoms with Gasteiger partial charge < -0.3 is 10.5 Å². The van der Waals surface area contributed by atoms with E-state index in [9.17, 15) is 16.8 Å². The van der Waals surface area contributed by atoms with Gasteiger partial charge in [0.05, 0.1) is 23.0 Å². The molecule has 0 spiro atoms. The molecule has 1 saturated heterocycles. The molecule has 0 aliphatic carbocycles. The molecule has 124 valence electrons. The largest absolute Gasteiger partial charge is 0.399 e. The fourth-order valence-corrected chi connectivity index (χ4v) is 5.92. The van der Waals surface area contributed by atoms with Gasteiger partial charge in [0.1, 0.15) is 0 Å². The Labute approximate surface area is 131 Å². The maximum atomic E-state index is 12.8. The second kappa shape index (κ2) is 6.53. The minimum Gasteiger partial charge on any atom is -0.399 e. The highest BCUT2D eigenvalue weighted by atomic mass is 32.2. The first-order chi connectivity index (χ1) is 10.3. The number of benzene rings is 1. The summed E-state index contributed by atoms with van der Waals surface area (Å²) in [6, 6.07) is 5.31. The van der Waals surface area contributed by atoms with Crippen molar-refractivity contribution in [2.24, 2.45) is 0 Å². The van der Waals surface area contributed by atoms with Crippen LogP contribution in [-0.4, -0.2) is 58.9 Å². The number of ether oxygens (including phenoxy) is 1. The third-order valence-corrected chi connectivity index (χ3v) is 7.33. The lowest BCUT2D eigenvalue weighted by Crippen LogP contribution is -2.42. The summed E-state index contributed by atoms with van der Waals surface area (Å²) in [5, 5.41) is 0. The van der Waals surface area contributed by atoms with E-state index in [2.05, 4.69) is 0 Å². The van der Waals surface area contributed by atoms with E-state index >= 15 is 0 Å². The number of sulfonamides is 1. The molecule has 1 aromatic carbocycles. The van der Waals surface area contributed by atoms with E-state index in [0.717, 1.165) is 0 Å². The molecule has 0 aromatic heterocycles. The highest BCUT2D eigenvalue weighted by Gasteiger charge is 2.38. The number of nitrogens with zero attached hydrogens (tertiary/aromatic N) is 1. The maximum Gasteiger partial charge on any atom is 0.243 e. The number of nitrogen functional groups attached to an aromatic ring is 1. The minimum absolute atomic E-state index is 0.0123. The van der Waals surface area contributed by atoms with Gasteiger partial charge in [-0.3, -0.25) is 0 Å². The molecule has 1 aliphatic heterocycles. The number of methoxy groups -OCH3 is 1. The monoisotopic (exact) mass is 348 g/mol. The molecular weight excluding hydrogens is 328 g/mol. The highest BCUT2D eigenvalue weighted by Crippen LogP contribution is 2.25. The van der Waals surface area contributed by atoms with E-state index < -0.39 is 25.9 Å². The summed E-state index contributed by atoms with van der Waals surface area (Å²) in [6.07, 6.45) is 0.306. The van der Waals surface area contributed by atoms with Crippen LogP contribution < -0.4 is 5.73 Å². The van der Waals surface area contributed by atoms with Crippen molar-refractivity contribution in [1.82, 2.24) is 4.31 Å². The molecule has 1 fully saturated rings. The molecule has 1 atom stereocenters. The van der Waals surface area contributed by atoms with Crippen LogP contribution in [0.2, 0.25) is 0 Å². The third kappa shape index (κ3) is 3.78. The molecule has 0 radical (unpaired) electrons. The van der Waals surface area contributed by atoms with Gasteiger partial charge in [0.15, 0.2) is 9.84 Å². The van der Waals surface area contributed by atoms with Gasteiger partial charge >= 0.3 is 0 Å². The van der Waals surface area contributed by atoms with Crippen LogP contribution in [0.4, 0.5) is 5.69 Å². The van der Waals surface area contributed by atoms with Crippen LogP contribution >= 0.6 is 0 Å². The second-order valence-electron chi connectivity index (χ2n) is 5.23. The first-order valence-corrected chi connectivity index (χ1v) is 10.1. The summed E-state index contributed by atoms with van der Waals surface area (Å²) in [4.78, 5) is 0.0992. The molecule has 0 amide bonds.